The third-order valence-electron chi connectivity index (χ3n) is 1.96. The monoisotopic (exact) mass is 155 g/mol. The molecular weight excluding hydrogens is 145 g/mol. The molecule has 1 aliphatic heterocycles. The molecule has 0 bridgehead atoms. The second-order valence-corrected chi connectivity index (χ2v) is 2.79. The van der Waals surface area contributed by atoms with Gasteiger partial charge in [0, 0.05) is 6.54 Å². The van der Waals surface area contributed by atoms with E-state index in [1.54, 1.807) is 7.98 Å². The Morgan fingerprint density at radius 3 is 2.82 bits per heavy atom. The van der Waals surface area contributed by atoms with Crippen molar-refractivity contribution >= 4 is 19.9 Å². The van der Waals surface area contributed by atoms with Gasteiger partial charge < -0.3 is 9.92 Å². The lowest BCUT2D eigenvalue weighted by atomic mass is 9.95. The number of amides is 1. The van der Waals surface area contributed by atoms with Crippen LogP contribution in [0, 0.1) is 5.92 Å². The molecule has 60 valence electrons. The van der Waals surface area contributed by atoms with Crippen LogP contribution in [0.5, 0.6) is 0 Å². The fraction of sp³-hybridized carbons (Fsp3) is 0.667. The van der Waals surface area contributed by atoms with Crippen LogP contribution < -0.4 is 0 Å². The maximum Gasteiger partial charge on any atom is 0.316 e. The van der Waals surface area contributed by atoms with Crippen molar-refractivity contribution in [3.63, 3.8) is 0 Å². The maximum atomic E-state index is 11.1. The molecular formula is C6H10BNO3. The summed E-state index contributed by atoms with van der Waals surface area (Å²) in [5, 5.41) is 8.58. The van der Waals surface area contributed by atoms with Gasteiger partial charge in [-0.15, -0.1) is 0 Å². The van der Waals surface area contributed by atoms with Crippen molar-refractivity contribution in [2.24, 2.45) is 5.92 Å². The summed E-state index contributed by atoms with van der Waals surface area (Å²) in [5.41, 5.74) is 0. The molecule has 1 N–H and O–H groups in total. The highest BCUT2D eigenvalue weighted by molar-refractivity contribution is 6.17. The number of carbonyl (C=O) groups excluding carboxylic acids is 1. The third kappa shape index (κ3) is 1.53. The van der Waals surface area contributed by atoms with Crippen molar-refractivity contribution < 1.29 is 14.7 Å². The highest BCUT2D eigenvalue weighted by Gasteiger charge is 2.31. The number of rotatable bonds is 1. The van der Waals surface area contributed by atoms with E-state index in [4.69, 9.17) is 5.11 Å². The number of carbonyl (C=O) groups is 2. The molecule has 0 aromatic rings. The summed E-state index contributed by atoms with van der Waals surface area (Å²) >= 11 is 0. The average Bonchev–Trinajstić information content (AvgIpc) is 1.94. The van der Waals surface area contributed by atoms with Crippen LogP contribution in [0.25, 0.3) is 0 Å². The van der Waals surface area contributed by atoms with Crippen LogP contribution in [-0.2, 0) is 9.59 Å². The zero-order valence-corrected chi connectivity index (χ0v) is 6.41. The summed E-state index contributed by atoms with van der Waals surface area (Å²) < 4.78 is 0. The van der Waals surface area contributed by atoms with E-state index in [0.717, 1.165) is 6.42 Å². The Balaban J connectivity index is 2.66. The predicted octanol–water partition coefficient (Wildman–Crippen LogP) is -1.14. The fourth-order valence-corrected chi connectivity index (χ4v) is 1.26. The van der Waals surface area contributed by atoms with Crippen LogP contribution in [0.1, 0.15) is 12.8 Å². The topological polar surface area (TPSA) is 57.6 Å². The maximum absolute atomic E-state index is 11.1. The van der Waals surface area contributed by atoms with Crippen molar-refractivity contribution in [3.8, 4) is 0 Å². The number of nitrogens with zero attached hydrogens (tertiary/aromatic N) is 1. The van der Waals surface area contributed by atoms with Crippen molar-refractivity contribution in [2.45, 2.75) is 12.8 Å². The molecule has 1 fully saturated rings. The Bertz CT molecular complexity index is 194. The zero-order chi connectivity index (χ0) is 8.43. The van der Waals surface area contributed by atoms with E-state index in [1.807, 2.05) is 0 Å². The van der Waals surface area contributed by atoms with Crippen molar-refractivity contribution in [2.75, 3.05) is 6.54 Å². The van der Waals surface area contributed by atoms with Crippen molar-refractivity contribution in [3.05, 3.63) is 0 Å². The molecule has 1 atom stereocenters. The summed E-state index contributed by atoms with van der Waals surface area (Å²) in [7, 11) is 1.64. The van der Waals surface area contributed by atoms with Gasteiger partial charge in [0.15, 0.2) is 0 Å². The van der Waals surface area contributed by atoms with E-state index >= 15 is 0 Å². The first-order valence-electron chi connectivity index (χ1n) is 3.60. The molecule has 5 heteroatoms. The molecule has 0 aliphatic carbocycles. The second kappa shape index (κ2) is 2.94. The predicted molar refractivity (Wildman–Crippen MR) is 40.6 cm³/mol. The highest BCUT2D eigenvalue weighted by Crippen LogP contribution is 2.15. The van der Waals surface area contributed by atoms with E-state index in [-0.39, 0.29) is 5.91 Å². The van der Waals surface area contributed by atoms with E-state index in [0.29, 0.717) is 13.0 Å². The fourth-order valence-electron chi connectivity index (χ4n) is 1.26. The molecule has 0 radical (unpaired) electrons. The molecule has 0 spiro atoms. The molecule has 4 nitrogen and oxygen atoms in total. The summed E-state index contributed by atoms with van der Waals surface area (Å²) in [6, 6.07) is 0. The van der Waals surface area contributed by atoms with Gasteiger partial charge in [-0.25, -0.2) is 0 Å². The van der Waals surface area contributed by atoms with Gasteiger partial charge in [0.25, 0.3) is 0 Å². The minimum absolute atomic E-state index is 0.260. The lowest BCUT2D eigenvalue weighted by molar-refractivity contribution is -0.151. The molecule has 1 heterocycles. The van der Waals surface area contributed by atoms with Crippen LogP contribution in [0.2, 0.25) is 0 Å². The van der Waals surface area contributed by atoms with Crippen LogP contribution >= 0.6 is 0 Å². The molecule has 1 saturated heterocycles. The summed E-state index contributed by atoms with van der Waals surface area (Å²) in [6.45, 7) is 0.683. The minimum atomic E-state index is -0.999. The highest BCUT2D eigenvalue weighted by atomic mass is 16.4. The van der Waals surface area contributed by atoms with E-state index in [1.165, 1.54) is 4.81 Å². The molecule has 1 aliphatic rings. The van der Waals surface area contributed by atoms with Gasteiger partial charge in [0.2, 0.25) is 13.9 Å². The second-order valence-electron chi connectivity index (χ2n) is 2.79. The third-order valence-corrected chi connectivity index (χ3v) is 1.96. The Morgan fingerprint density at radius 1 is 1.73 bits per heavy atom. The van der Waals surface area contributed by atoms with E-state index in [9.17, 15) is 9.59 Å². The average molecular weight is 155 g/mol. The first kappa shape index (κ1) is 8.10. The number of hydrogen-bond acceptors (Lipinski definition) is 2. The van der Waals surface area contributed by atoms with Crippen LogP contribution in [0.3, 0.4) is 0 Å². The van der Waals surface area contributed by atoms with Gasteiger partial charge in [-0.1, -0.05) is 0 Å². The summed E-state index contributed by atoms with van der Waals surface area (Å²) in [4.78, 5) is 23.0. The van der Waals surface area contributed by atoms with Crippen LogP contribution in [0.4, 0.5) is 0 Å². The summed E-state index contributed by atoms with van der Waals surface area (Å²) in [6.07, 6.45) is 1.28. The van der Waals surface area contributed by atoms with Gasteiger partial charge in [0.1, 0.15) is 5.92 Å². The largest absolute Gasteiger partial charge is 0.481 e. The van der Waals surface area contributed by atoms with Gasteiger partial charge in [-0.05, 0) is 12.8 Å². The quantitative estimate of drug-likeness (QED) is 0.384. The smallest absolute Gasteiger partial charge is 0.316 e. The SMILES string of the molecule is BN1CCCC(C(=O)O)C1=O. The molecule has 0 saturated carbocycles. The minimum Gasteiger partial charge on any atom is -0.481 e. The number of hydrogen-bond donors (Lipinski definition) is 1. The summed E-state index contributed by atoms with van der Waals surface area (Å²) in [5.74, 6) is -2.06. The Kier molecular flexibility index (Phi) is 2.17. The van der Waals surface area contributed by atoms with Gasteiger partial charge >= 0.3 is 5.97 Å². The van der Waals surface area contributed by atoms with Gasteiger partial charge in [0.05, 0.1) is 0 Å². The Morgan fingerprint density at radius 2 is 2.36 bits per heavy atom. The van der Waals surface area contributed by atoms with Crippen molar-refractivity contribution in [1.82, 2.24) is 4.81 Å². The molecule has 0 aromatic carbocycles. The molecule has 11 heavy (non-hydrogen) atoms. The molecule has 1 amide bonds. The van der Waals surface area contributed by atoms with E-state index < -0.39 is 11.9 Å². The lowest BCUT2D eigenvalue weighted by Crippen LogP contribution is -2.42. The number of carboxylic acid groups (broad SMARTS) is 1. The van der Waals surface area contributed by atoms with Crippen molar-refractivity contribution in [1.29, 1.82) is 0 Å². The number of aliphatic carboxylic acids is 1. The number of carboxylic acids is 1. The lowest BCUT2D eigenvalue weighted by Gasteiger charge is -2.27. The Labute approximate surface area is 65.6 Å². The van der Waals surface area contributed by atoms with E-state index in [2.05, 4.69) is 0 Å². The Hall–Kier alpha value is -0.995. The molecule has 1 unspecified atom stereocenters. The first-order valence-corrected chi connectivity index (χ1v) is 3.60. The standard InChI is InChI=1S/C6H10BNO3/c7-8-3-1-2-4(5(8)9)6(10)11/h4H,1-3,7H2,(H,10,11). The molecule has 0 aromatic heterocycles. The normalized spacial score (nSPS) is 25.3. The first-order chi connectivity index (χ1) is 5.13. The molecule has 1 rings (SSSR count). The van der Waals surface area contributed by atoms with Gasteiger partial charge in [-0.3, -0.25) is 9.59 Å². The zero-order valence-electron chi connectivity index (χ0n) is 6.41. The number of piperidine rings is 1. The van der Waals surface area contributed by atoms with Crippen LogP contribution in [0.15, 0.2) is 0 Å². The van der Waals surface area contributed by atoms with Gasteiger partial charge in [-0.2, -0.15) is 0 Å². The van der Waals surface area contributed by atoms with Crippen LogP contribution in [-0.4, -0.2) is 36.3 Å².